The van der Waals surface area contributed by atoms with Gasteiger partial charge >= 0.3 is 0 Å². The molecule has 9 heteroatoms. The van der Waals surface area contributed by atoms with Crippen LogP contribution in [0.5, 0.6) is 0 Å². The van der Waals surface area contributed by atoms with Crippen LogP contribution in [0, 0.1) is 16.4 Å². The summed E-state index contributed by atoms with van der Waals surface area (Å²) in [4.78, 5) is 27.1. The molecular formula is C19H18BrF2N3O2S. The number of amides is 1. The first kappa shape index (κ1) is 19.4. The maximum absolute atomic E-state index is 14.5. The second-order valence-electron chi connectivity index (χ2n) is 7.28. The molecule has 2 heterocycles. The van der Waals surface area contributed by atoms with Gasteiger partial charge in [-0.15, -0.1) is 0 Å². The highest BCUT2D eigenvalue weighted by atomic mass is 79.9. The molecule has 5 nitrogen and oxygen atoms in total. The molecule has 4 rings (SSSR count). The van der Waals surface area contributed by atoms with E-state index in [1.807, 2.05) is 0 Å². The zero-order valence-corrected chi connectivity index (χ0v) is 17.3. The number of fused-ring (bicyclic) bond motifs is 1. The van der Waals surface area contributed by atoms with E-state index in [4.69, 9.17) is 12.2 Å². The highest BCUT2D eigenvalue weighted by Gasteiger charge is 2.32. The first-order valence-corrected chi connectivity index (χ1v) is 10.3. The summed E-state index contributed by atoms with van der Waals surface area (Å²) in [5.41, 5.74) is 1.44. The van der Waals surface area contributed by atoms with Crippen LogP contribution in [0.1, 0.15) is 42.1 Å². The van der Waals surface area contributed by atoms with Gasteiger partial charge in [-0.2, -0.15) is 0 Å². The van der Waals surface area contributed by atoms with Crippen molar-refractivity contribution in [1.29, 1.82) is 0 Å². The number of hydrogen-bond acceptors (Lipinski definition) is 3. The maximum Gasteiger partial charge on any atom is 0.226 e. The van der Waals surface area contributed by atoms with E-state index in [9.17, 15) is 18.4 Å². The molecule has 1 aliphatic heterocycles. The van der Waals surface area contributed by atoms with E-state index in [2.05, 4.69) is 26.2 Å². The van der Waals surface area contributed by atoms with Gasteiger partial charge in [0, 0.05) is 35.8 Å². The summed E-state index contributed by atoms with van der Waals surface area (Å²) in [5.74, 6) is -1.80. The number of aromatic nitrogens is 2. The lowest BCUT2D eigenvalue weighted by atomic mass is 9.95. The Labute approximate surface area is 173 Å². The molecule has 1 unspecified atom stereocenters. The average Bonchev–Trinajstić information content (AvgIpc) is 3.31. The topological polar surface area (TPSA) is 66.9 Å². The number of Topliss-reactive ketones (excluding diaryl/α,β-unsaturated/α-hetero) is 1. The number of halogens is 3. The minimum Gasteiger partial charge on any atom is -0.346 e. The van der Waals surface area contributed by atoms with Crippen LogP contribution < -0.4 is 5.32 Å². The Morgan fingerprint density at radius 2 is 2.18 bits per heavy atom. The van der Waals surface area contributed by atoms with Crippen molar-refractivity contribution < 1.29 is 18.4 Å². The van der Waals surface area contributed by atoms with Crippen molar-refractivity contribution in [3.8, 4) is 0 Å². The second-order valence-corrected chi connectivity index (χ2v) is 8.52. The van der Waals surface area contributed by atoms with E-state index < -0.39 is 23.6 Å². The minimum absolute atomic E-state index is 0.0272. The number of nitrogens with zero attached hydrogens (tertiary/aromatic N) is 1. The fraction of sp³-hybridized carbons (Fsp3) is 0.421. The van der Waals surface area contributed by atoms with Gasteiger partial charge in [-0.05, 0) is 59.5 Å². The van der Waals surface area contributed by atoms with Gasteiger partial charge in [-0.25, -0.2) is 8.78 Å². The number of carbonyl (C=O) groups is 2. The molecule has 2 atom stereocenters. The van der Waals surface area contributed by atoms with Crippen LogP contribution >= 0.6 is 28.1 Å². The number of imidazole rings is 1. The minimum atomic E-state index is -0.607. The highest BCUT2D eigenvalue weighted by Crippen LogP contribution is 2.36. The molecule has 28 heavy (non-hydrogen) atoms. The van der Waals surface area contributed by atoms with Crippen molar-refractivity contribution in [3.63, 3.8) is 0 Å². The molecule has 2 aliphatic rings. The number of nitrogens with one attached hydrogen (secondary N) is 2. The lowest BCUT2D eigenvalue weighted by Crippen LogP contribution is -2.38. The summed E-state index contributed by atoms with van der Waals surface area (Å²) in [7, 11) is 0. The van der Waals surface area contributed by atoms with E-state index >= 15 is 0 Å². The summed E-state index contributed by atoms with van der Waals surface area (Å²) >= 11 is 8.44. The third-order valence-corrected chi connectivity index (χ3v) is 6.42. The number of aromatic amines is 1. The Hall–Kier alpha value is -1.87. The molecule has 0 radical (unpaired) electrons. The fourth-order valence-electron chi connectivity index (χ4n) is 4.13. The summed E-state index contributed by atoms with van der Waals surface area (Å²) < 4.78 is 31.2. The Morgan fingerprint density at radius 3 is 2.89 bits per heavy atom. The van der Waals surface area contributed by atoms with Crippen LogP contribution in [0.15, 0.2) is 16.6 Å². The van der Waals surface area contributed by atoms with Gasteiger partial charge in [0.1, 0.15) is 11.6 Å². The zero-order chi connectivity index (χ0) is 20.0. The van der Waals surface area contributed by atoms with Crippen molar-refractivity contribution in [3.05, 3.63) is 50.0 Å². The number of benzene rings is 1. The molecule has 0 saturated heterocycles. The number of carbonyl (C=O) groups excluding carboxylic acids is 2. The SMILES string of the molecule is O=C(Cc1[nH]c(=S)n2c1C[C@@H](c1c(F)ccc(Br)c1F)C2)NC1CCCC1=O. The predicted molar refractivity (Wildman–Crippen MR) is 105 cm³/mol. The molecule has 1 aromatic carbocycles. The molecule has 1 fully saturated rings. The van der Waals surface area contributed by atoms with Crippen LogP contribution in [-0.2, 0) is 29.0 Å². The lowest BCUT2D eigenvalue weighted by Gasteiger charge is -2.13. The number of hydrogen-bond donors (Lipinski definition) is 2. The number of ketones is 1. The molecule has 1 aliphatic carbocycles. The van der Waals surface area contributed by atoms with Gasteiger partial charge < -0.3 is 14.9 Å². The van der Waals surface area contributed by atoms with Crippen LogP contribution in [0.4, 0.5) is 8.78 Å². The molecular weight excluding hydrogens is 452 g/mol. The van der Waals surface area contributed by atoms with Gasteiger partial charge in [0.05, 0.1) is 16.9 Å². The van der Waals surface area contributed by atoms with E-state index in [0.717, 1.165) is 12.1 Å². The highest BCUT2D eigenvalue weighted by molar-refractivity contribution is 9.10. The van der Waals surface area contributed by atoms with E-state index in [-0.39, 0.29) is 28.1 Å². The van der Waals surface area contributed by atoms with Crippen molar-refractivity contribution in [1.82, 2.24) is 14.9 Å². The van der Waals surface area contributed by atoms with Crippen LogP contribution in [0.25, 0.3) is 0 Å². The van der Waals surface area contributed by atoms with Crippen molar-refractivity contribution >= 4 is 39.8 Å². The summed E-state index contributed by atoms with van der Waals surface area (Å²) in [6.45, 7) is 0.345. The lowest BCUT2D eigenvalue weighted by molar-refractivity contribution is -0.126. The van der Waals surface area contributed by atoms with Gasteiger partial charge in [0.25, 0.3) is 0 Å². The average molecular weight is 470 g/mol. The van der Waals surface area contributed by atoms with Gasteiger partial charge in [0.2, 0.25) is 5.91 Å². The summed E-state index contributed by atoms with van der Waals surface area (Å²) in [5, 5.41) is 2.77. The Kier molecular flexibility index (Phi) is 5.22. The first-order valence-electron chi connectivity index (χ1n) is 9.11. The molecule has 1 amide bonds. The molecule has 0 bridgehead atoms. The number of H-pyrrole nitrogens is 1. The Balaban J connectivity index is 1.54. The zero-order valence-electron chi connectivity index (χ0n) is 14.9. The molecule has 0 spiro atoms. The smallest absolute Gasteiger partial charge is 0.226 e. The molecule has 1 aromatic heterocycles. The number of rotatable bonds is 4. The Bertz CT molecular complexity index is 1030. The van der Waals surface area contributed by atoms with Gasteiger partial charge in [-0.1, -0.05) is 0 Å². The van der Waals surface area contributed by atoms with Crippen molar-refractivity contribution in [2.45, 2.75) is 50.6 Å². The Morgan fingerprint density at radius 1 is 1.39 bits per heavy atom. The molecule has 2 aromatic rings. The first-order chi connectivity index (χ1) is 13.3. The van der Waals surface area contributed by atoms with Crippen molar-refractivity contribution in [2.75, 3.05) is 0 Å². The molecule has 2 N–H and O–H groups in total. The van der Waals surface area contributed by atoms with Crippen LogP contribution in [0.2, 0.25) is 0 Å². The normalized spacial score (nSPS) is 21.2. The fourth-order valence-corrected chi connectivity index (χ4v) is 4.78. The van der Waals surface area contributed by atoms with Gasteiger partial charge in [0.15, 0.2) is 10.6 Å². The monoisotopic (exact) mass is 469 g/mol. The largest absolute Gasteiger partial charge is 0.346 e. The van der Waals surface area contributed by atoms with Crippen LogP contribution in [-0.4, -0.2) is 27.3 Å². The molecule has 148 valence electrons. The standard InChI is InChI=1S/C19H18BrF2N3O2S/c20-10-4-5-11(21)17(18(10)22)9-6-14-13(24-19(28)25(14)8-9)7-16(27)23-12-2-1-3-15(12)26/h4-5,9,12H,1-3,6-8H2,(H,23,27)(H,24,28)/t9-,12?/m1/s1. The van der Waals surface area contributed by atoms with E-state index in [1.54, 1.807) is 4.57 Å². The van der Waals surface area contributed by atoms with Gasteiger partial charge in [-0.3, -0.25) is 9.59 Å². The maximum atomic E-state index is 14.5. The summed E-state index contributed by atoms with van der Waals surface area (Å²) in [6.07, 6.45) is 2.38. The third kappa shape index (κ3) is 3.45. The quantitative estimate of drug-likeness (QED) is 0.529. The van der Waals surface area contributed by atoms with Crippen molar-refractivity contribution in [2.24, 2.45) is 0 Å². The molecule has 1 saturated carbocycles. The predicted octanol–water partition coefficient (Wildman–Crippen LogP) is 3.71. The summed E-state index contributed by atoms with van der Waals surface area (Å²) in [6, 6.07) is 2.17. The third-order valence-electron chi connectivity index (χ3n) is 5.48. The van der Waals surface area contributed by atoms with E-state index in [0.29, 0.717) is 36.3 Å². The van der Waals surface area contributed by atoms with Crippen LogP contribution in [0.3, 0.4) is 0 Å². The van der Waals surface area contributed by atoms with E-state index in [1.165, 1.54) is 12.1 Å². The second kappa shape index (κ2) is 7.51.